The molecule has 2 fully saturated rings. The molecule has 0 spiro atoms. The summed E-state index contributed by atoms with van der Waals surface area (Å²) in [5.41, 5.74) is 6.99. The van der Waals surface area contributed by atoms with Crippen LogP contribution in [-0.4, -0.2) is 49.3 Å². The van der Waals surface area contributed by atoms with Gasteiger partial charge in [0.05, 0.1) is 39.5 Å². The number of nitrogens with zero attached hydrogens (tertiary/aromatic N) is 2. The first-order valence-corrected chi connectivity index (χ1v) is 15.3. The minimum atomic E-state index is -0.123. The topological polar surface area (TPSA) is 136 Å². The molecule has 1 aliphatic carbocycles. The number of fused-ring (bicyclic) bond motifs is 2. The molecule has 6 N–H and O–H groups in total. The lowest BCUT2D eigenvalue weighted by Crippen LogP contribution is -2.68. The molecule has 208 valence electrons. The SMILES string of the molecule is [NH3+][C@@H]1CCCC[C@@H]1Nc1cc2c(c(Nc3ccc(-c4coc5c(=O)cc(N6CCOCC6)sc45)s3)n1)C(=O)NC2. The van der Waals surface area contributed by atoms with E-state index in [9.17, 15) is 9.59 Å². The first-order valence-electron chi connectivity index (χ1n) is 13.7. The molecule has 0 bridgehead atoms. The molecule has 40 heavy (non-hydrogen) atoms. The lowest BCUT2D eigenvalue weighted by molar-refractivity contribution is -0.427. The Morgan fingerprint density at radius 3 is 2.80 bits per heavy atom. The van der Waals surface area contributed by atoms with E-state index in [2.05, 4.69) is 26.6 Å². The molecule has 0 radical (unpaired) electrons. The Morgan fingerprint density at radius 1 is 1.10 bits per heavy atom. The summed E-state index contributed by atoms with van der Waals surface area (Å²) in [6.45, 7) is 3.31. The summed E-state index contributed by atoms with van der Waals surface area (Å²) in [4.78, 5) is 33.5. The molecule has 12 heteroatoms. The van der Waals surface area contributed by atoms with E-state index in [1.807, 2.05) is 18.2 Å². The number of carbonyl (C=O) groups is 1. The summed E-state index contributed by atoms with van der Waals surface area (Å²) in [6, 6.07) is 8.23. The van der Waals surface area contributed by atoms with Crippen molar-refractivity contribution in [2.45, 2.75) is 44.3 Å². The van der Waals surface area contributed by atoms with Crippen molar-refractivity contribution in [1.29, 1.82) is 0 Å². The number of carbonyl (C=O) groups excluding carboxylic acids is 1. The van der Waals surface area contributed by atoms with Gasteiger partial charge < -0.3 is 35.7 Å². The molecular weight excluding hydrogens is 548 g/mol. The van der Waals surface area contributed by atoms with Crippen LogP contribution in [0, 0.1) is 0 Å². The van der Waals surface area contributed by atoms with Gasteiger partial charge in [0.15, 0.2) is 5.58 Å². The van der Waals surface area contributed by atoms with Crippen molar-refractivity contribution in [3.05, 3.63) is 51.9 Å². The molecule has 10 nitrogen and oxygen atoms in total. The molecule has 2 atom stereocenters. The van der Waals surface area contributed by atoms with Gasteiger partial charge in [-0.1, -0.05) is 6.42 Å². The molecule has 4 aromatic heterocycles. The zero-order valence-corrected chi connectivity index (χ0v) is 23.6. The summed E-state index contributed by atoms with van der Waals surface area (Å²) < 4.78 is 12.0. The number of amides is 1. The Bertz CT molecular complexity index is 1640. The van der Waals surface area contributed by atoms with Crippen LogP contribution < -0.4 is 32.0 Å². The maximum atomic E-state index is 12.9. The van der Waals surface area contributed by atoms with E-state index in [0.29, 0.717) is 42.8 Å². The predicted molar refractivity (Wildman–Crippen MR) is 158 cm³/mol. The van der Waals surface area contributed by atoms with Crippen molar-refractivity contribution in [2.24, 2.45) is 0 Å². The maximum Gasteiger partial charge on any atom is 0.255 e. The molecule has 4 aromatic rings. The molecule has 0 aromatic carbocycles. The van der Waals surface area contributed by atoms with Crippen LogP contribution in [0.1, 0.15) is 41.6 Å². The highest BCUT2D eigenvalue weighted by Gasteiger charge is 2.29. The van der Waals surface area contributed by atoms with Crippen LogP contribution in [0.2, 0.25) is 0 Å². The number of morpholine rings is 1. The van der Waals surface area contributed by atoms with Crippen LogP contribution in [0.25, 0.3) is 20.7 Å². The quantitative estimate of drug-likeness (QED) is 0.271. The predicted octanol–water partition coefficient (Wildman–Crippen LogP) is 3.77. The van der Waals surface area contributed by atoms with E-state index in [4.69, 9.17) is 14.1 Å². The summed E-state index contributed by atoms with van der Waals surface area (Å²) in [6.07, 6.45) is 6.24. The van der Waals surface area contributed by atoms with E-state index in [-0.39, 0.29) is 17.4 Å². The van der Waals surface area contributed by atoms with Gasteiger partial charge in [-0.25, -0.2) is 4.98 Å². The van der Waals surface area contributed by atoms with Crippen LogP contribution in [0.5, 0.6) is 0 Å². The average Bonchev–Trinajstić information content (AvgIpc) is 3.69. The van der Waals surface area contributed by atoms with Crippen LogP contribution in [-0.2, 0) is 11.3 Å². The summed E-state index contributed by atoms with van der Waals surface area (Å²) in [7, 11) is 0. The number of thiophene rings is 1. The fraction of sp³-hybridized carbons (Fsp3) is 0.393. The largest absolute Gasteiger partial charge is 0.459 e. The first kappa shape index (κ1) is 25.5. The smallest absolute Gasteiger partial charge is 0.255 e. The van der Waals surface area contributed by atoms with Crippen molar-refractivity contribution in [1.82, 2.24) is 10.3 Å². The van der Waals surface area contributed by atoms with E-state index >= 15 is 0 Å². The van der Waals surface area contributed by atoms with Gasteiger partial charge in [0.2, 0.25) is 5.43 Å². The number of hydrogen-bond acceptors (Lipinski definition) is 10. The number of nitrogens with one attached hydrogen (secondary N) is 3. The molecule has 1 saturated carbocycles. The molecule has 3 aliphatic rings. The van der Waals surface area contributed by atoms with Crippen molar-refractivity contribution in [2.75, 3.05) is 41.8 Å². The Morgan fingerprint density at radius 2 is 1.95 bits per heavy atom. The van der Waals surface area contributed by atoms with Crippen LogP contribution in [0.15, 0.2) is 39.7 Å². The Labute approximate surface area is 238 Å². The molecule has 7 rings (SSSR count). The van der Waals surface area contributed by atoms with Crippen molar-refractivity contribution in [3.8, 4) is 10.4 Å². The third-order valence-electron chi connectivity index (χ3n) is 7.88. The van der Waals surface area contributed by atoms with Gasteiger partial charge in [-0.15, -0.1) is 22.7 Å². The van der Waals surface area contributed by atoms with Crippen molar-refractivity contribution < 1.29 is 19.7 Å². The molecule has 2 aliphatic heterocycles. The molecule has 6 heterocycles. The van der Waals surface area contributed by atoms with E-state index in [0.717, 1.165) is 62.5 Å². The number of hydrogen-bond donors (Lipinski definition) is 4. The van der Waals surface area contributed by atoms with Gasteiger partial charge in [-0.3, -0.25) is 9.59 Å². The first-order chi connectivity index (χ1) is 19.5. The van der Waals surface area contributed by atoms with Gasteiger partial charge in [0.1, 0.15) is 23.9 Å². The molecule has 1 amide bonds. The number of aromatic nitrogens is 1. The number of anilines is 4. The second kappa shape index (κ2) is 10.5. The molecular formula is C28H31N6O4S2+. The van der Waals surface area contributed by atoms with Gasteiger partial charge in [-0.05, 0) is 36.6 Å². The molecule has 0 unspecified atom stereocenters. The Balaban J connectivity index is 1.19. The fourth-order valence-corrected chi connectivity index (χ4v) is 7.89. The average molecular weight is 580 g/mol. The second-order valence-electron chi connectivity index (χ2n) is 10.5. The number of pyridine rings is 1. The van der Waals surface area contributed by atoms with Gasteiger partial charge in [-0.2, -0.15) is 0 Å². The summed E-state index contributed by atoms with van der Waals surface area (Å²) >= 11 is 3.10. The minimum Gasteiger partial charge on any atom is -0.459 e. The summed E-state index contributed by atoms with van der Waals surface area (Å²) in [5.74, 6) is 1.18. The number of ether oxygens (including phenoxy) is 1. The van der Waals surface area contributed by atoms with Crippen LogP contribution in [0.3, 0.4) is 0 Å². The standard InChI is InChI=1S/C28H30N6O4S2/c29-17-3-1-2-4-18(17)31-21-11-15-13-30-28(36)24(15)27(32-21)33-22-6-5-20(39-22)16-14-38-25-19(35)12-23(40-26(16)25)34-7-9-37-10-8-34/h5-6,11-12,14,17-18H,1-4,7-10,13,29H2,(H,30,36)(H2,31,32,33)/p+1/t17-,18+/m1/s1. The Kier molecular flexibility index (Phi) is 6.70. The lowest BCUT2D eigenvalue weighted by atomic mass is 9.91. The van der Waals surface area contributed by atoms with Crippen LogP contribution in [0.4, 0.5) is 21.6 Å². The zero-order chi connectivity index (χ0) is 27.2. The third kappa shape index (κ3) is 4.74. The van der Waals surface area contributed by atoms with E-state index < -0.39 is 0 Å². The van der Waals surface area contributed by atoms with E-state index in [1.165, 1.54) is 24.2 Å². The zero-order valence-electron chi connectivity index (χ0n) is 22.0. The highest BCUT2D eigenvalue weighted by Crippen LogP contribution is 2.41. The second-order valence-corrected chi connectivity index (χ2v) is 12.6. The highest BCUT2D eigenvalue weighted by atomic mass is 32.1. The summed E-state index contributed by atoms with van der Waals surface area (Å²) in [5, 5.41) is 11.7. The van der Waals surface area contributed by atoms with E-state index in [1.54, 1.807) is 23.7 Å². The Hall–Kier alpha value is -3.45. The minimum absolute atomic E-state index is 0.117. The molecule has 1 saturated heterocycles. The number of quaternary nitrogens is 1. The number of rotatable bonds is 6. The van der Waals surface area contributed by atoms with Crippen LogP contribution >= 0.6 is 22.7 Å². The monoisotopic (exact) mass is 579 g/mol. The van der Waals surface area contributed by atoms with Crippen molar-refractivity contribution in [3.63, 3.8) is 0 Å². The third-order valence-corrected chi connectivity index (χ3v) is 10.1. The fourth-order valence-electron chi connectivity index (χ4n) is 5.71. The van der Waals surface area contributed by atoms with Gasteiger partial charge in [0, 0.05) is 42.6 Å². The van der Waals surface area contributed by atoms with Crippen molar-refractivity contribution >= 4 is 60.5 Å². The van der Waals surface area contributed by atoms with Gasteiger partial charge >= 0.3 is 0 Å². The highest BCUT2D eigenvalue weighted by molar-refractivity contribution is 7.23. The maximum absolute atomic E-state index is 12.9. The normalized spacial score (nSPS) is 20.9. The number of furan rings is 1. The lowest BCUT2D eigenvalue weighted by Gasteiger charge is -2.27. The van der Waals surface area contributed by atoms with Gasteiger partial charge in [0.25, 0.3) is 5.91 Å².